The van der Waals surface area contributed by atoms with Crippen molar-refractivity contribution in [2.45, 2.75) is 284 Å². The van der Waals surface area contributed by atoms with Gasteiger partial charge in [0.2, 0.25) is 0 Å². The molecular weight excluding hydrogens is 781 g/mol. The fourth-order valence-corrected chi connectivity index (χ4v) is 9.07. The molecule has 0 fully saturated rings. The highest BCUT2D eigenvalue weighted by molar-refractivity contribution is 6.07. The van der Waals surface area contributed by atoms with E-state index < -0.39 is 0 Å². The summed E-state index contributed by atoms with van der Waals surface area (Å²) in [5, 5.41) is 0. The van der Waals surface area contributed by atoms with Gasteiger partial charge >= 0.3 is 0 Å². The van der Waals surface area contributed by atoms with Gasteiger partial charge in [0.15, 0.2) is 5.78 Å². The minimum atomic E-state index is -0.0163. The average molecular weight is 885 g/mol. The van der Waals surface area contributed by atoms with Crippen LogP contribution in [0.15, 0.2) is 48.5 Å². The third-order valence-corrected chi connectivity index (χ3v) is 13.4. The van der Waals surface area contributed by atoms with Crippen molar-refractivity contribution in [1.29, 1.82) is 0 Å². The quantitative estimate of drug-likeness (QED) is 0.0377. The van der Waals surface area contributed by atoms with Crippen LogP contribution < -0.4 is 9.47 Å². The molecular formula is C61H104O3. The number of benzene rings is 2. The molecule has 0 aliphatic rings. The molecule has 0 heterocycles. The molecule has 0 unspecified atom stereocenters. The van der Waals surface area contributed by atoms with Crippen LogP contribution in [0.3, 0.4) is 0 Å². The minimum absolute atomic E-state index is 0.0163. The van der Waals surface area contributed by atoms with Gasteiger partial charge in [-0.05, 0) is 55.0 Å². The molecule has 64 heavy (non-hydrogen) atoms. The predicted molar refractivity (Wildman–Crippen MR) is 283 cm³/mol. The molecule has 0 saturated heterocycles. The highest BCUT2D eigenvalue weighted by Crippen LogP contribution is 2.25. The predicted octanol–water partition coefficient (Wildman–Crippen LogP) is 20.5. The van der Waals surface area contributed by atoms with Crippen molar-refractivity contribution in [3.63, 3.8) is 0 Å². The van der Waals surface area contributed by atoms with Crippen molar-refractivity contribution in [2.24, 2.45) is 0 Å². The molecule has 0 radical (unpaired) electrons. The maximum absolute atomic E-state index is 13.4. The molecule has 3 nitrogen and oxygen atoms in total. The Bertz CT molecular complexity index is 1270. The first-order chi connectivity index (χ1) is 31.7. The Morgan fingerprint density at radius 2 is 0.672 bits per heavy atom. The molecule has 0 bridgehead atoms. The number of carbonyl (C=O) groups is 1. The molecule has 0 aliphatic heterocycles. The van der Waals surface area contributed by atoms with Gasteiger partial charge in [-0.1, -0.05) is 289 Å². The van der Waals surface area contributed by atoms with Gasteiger partial charge in [0, 0.05) is 11.6 Å². The number of hydrogen-bond donors (Lipinski definition) is 0. The van der Waals surface area contributed by atoms with E-state index in [1.165, 1.54) is 250 Å². The Labute approximate surface area is 398 Å². The van der Waals surface area contributed by atoms with E-state index in [0.29, 0.717) is 18.8 Å². The first-order valence-electron chi connectivity index (χ1n) is 28.4. The Morgan fingerprint density at radius 1 is 0.375 bits per heavy atom. The molecule has 3 heteroatoms. The summed E-state index contributed by atoms with van der Waals surface area (Å²) in [6, 6.07) is 14.4. The highest BCUT2D eigenvalue weighted by Gasteiger charge is 2.10. The Kier molecular flexibility index (Phi) is 39.8. The zero-order chi connectivity index (χ0) is 45.6. The van der Waals surface area contributed by atoms with E-state index in [0.717, 1.165) is 36.3 Å². The summed E-state index contributed by atoms with van der Waals surface area (Å²) >= 11 is 0. The van der Waals surface area contributed by atoms with E-state index in [4.69, 9.17) is 9.47 Å². The summed E-state index contributed by atoms with van der Waals surface area (Å²) < 4.78 is 12.5. The largest absolute Gasteiger partial charge is 0.493 e. The van der Waals surface area contributed by atoms with Crippen LogP contribution in [-0.2, 0) is 6.42 Å². The lowest BCUT2D eigenvalue weighted by molar-refractivity contribution is 0.104. The minimum Gasteiger partial charge on any atom is -0.493 e. The lowest BCUT2D eigenvalue weighted by atomic mass is 10.0. The van der Waals surface area contributed by atoms with Crippen molar-refractivity contribution in [3.8, 4) is 11.5 Å². The molecule has 0 aliphatic carbocycles. The van der Waals surface area contributed by atoms with Crippen LogP contribution in [0.4, 0.5) is 0 Å². The molecule has 2 rings (SSSR count). The van der Waals surface area contributed by atoms with E-state index in [9.17, 15) is 4.79 Å². The second-order valence-corrected chi connectivity index (χ2v) is 19.7. The lowest BCUT2D eigenvalue weighted by Gasteiger charge is -2.12. The average Bonchev–Trinajstić information content (AvgIpc) is 3.31. The Morgan fingerprint density at radius 3 is 0.984 bits per heavy atom. The van der Waals surface area contributed by atoms with Crippen molar-refractivity contribution < 1.29 is 14.3 Å². The summed E-state index contributed by atoms with van der Waals surface area (Å²) in [7, 11) is 0. The zero-order valence-electron chi connectivity index (χ0n) is 42.8. The lowest BCUT2D eigenvalue weighted by Crippen LogP contribution is -2.03. The van der Waals surface area contributed by atoms with Crippen LogP contribution in [0.25, 0.3) is 6.08 Å². The first-order valence-corrected chi connectivity index (χ1v) is 28.4. The Hall–Kier alpha value is -2.55. The number of hydrogen-bond acceptors (Lipinski definition) is 3. The van der Waals surface area contributed by atoms with E-state index >= 15 is 0 Å². The van der Waals surface area contributed by atoms with Crippen LogP contribution in [0.2, 0.25) is 0 Å². The monoisotopic (exact) mass is 885 g/mol. The van der Waals surface area contributed by atoms with Gasteiger partial charge in [0.1, 0.15) is 11.5 Å². The smallest absolute Gasteiger partial charge is 0.186 e. The first kappa shape index (κ1) is 57.6. The third kappa shape index (κ3) is 34.8. The summed E-state index contributed by atoms with van der Waals surface area (Å²) in [5.74, 6) is 1.47. The number of ether oxygens (including phenoxy) is 2. The van der Waals surface area contributed by atoms with Gasteiger partial charge in [-0.2, -0.15) is 0 Å². The number of rotatable bonds is 48. The summed E-state index contributed by atoms with van der Waals surface area (Å²) in [5.41, 5.74) is 3.03. The molecule has 2 aromatic carbocycles. The van der Waals surface area contributed by atoms with Gasteiger partial charge in [0.05, 0.1) is 13.2 Å². The van der Waals surface area contributed by atoms with E-state index in [1.54, 1.807) is 6.08 Å². The number of allylic oxidation sites excluding steroid dienone is 1. The van der Waals surface area contributed by atoms with Crippen molar-refractivity contribution in [1.82, 2.24) is 0 Å². The molecule has 366 valence electrons. The van der Waals surface area contributed by atoms with E-state index in [1.807, 2.05) is 24.3 Å². The van der Waals surface area contributed by atoms with Crippen LogP contribution >= 0.6 is 0 Å². The van der Waals surface area contributed by atoms with Crippen LogP contribution in [0.1, 0.15) is 299 Å². The highest BCUT2D eigenvalue weighted by atomic mass is 16.5. The summed E-state index contributed by atoms with van der Waals surface area (Å²) in [4.78, 5) is 13.4. The second-order valence-electron chi connectivity index (χ2n) is 19.7. The molecule has 0 atom stereocenters. The van der Waals surface area contributed by atoms with Crippen molar-refractivity contribution in [3.05, 3.63) is 65.2 Å². The molecule has 0 spiro atoms. The molecule has 0 aromatic heterocycles. The number of unbranched alkanes of at least 4 members (excludes halogenated alkanes) is 37. The van der Waals surface area contributed by atoms with Crippen molar-refractivity contribution in [2.75, 3.05) is 13.2 Å². The maximum Gasteiger partial charge on any atom is 0.186 e. The van der Waals surface area contributed by atoms with Gasteiger partial charge < -0.3 is 9.47 Å². The van der Waals surface area contributed by atoms with Gasteiger partial charge in [-0.25, -0.2) is 0 Å². The molecule has 2 aromatic rings. The SMILES string of the molecule is CCCCCCCCCCCCCCCCCCCCCOc1cc(OCCCCCCCCCCCCCCCCCCCCC)cc(C(=O)C=Cc2ccc(CCCC)cc2)c1. The van der Waals surface area contributed by atoms with Crippen molar-refractivity contribution >= 4 is 11.9 Å². The topological polar surface area (TPSA) is 35.5 Å². The molecule has 0 saturated carbocycles. The van der Waals surface area contributed by atoms with Gasteiger partial charge in [0.25, 0.3) is 0 Å². The third-order valence-electron chi connectivity index (χ3n) is 13.4. The maximum atomic E-state index is 13.4. The van der Waals surface area contributed by atoms with Crippen LogP contribution in [0, 0.1) is 0 Å². The Balaban J connectivity index is 1.63. The van der Waals surface area contributed by atoms with Gasteiger partial charge in [-0.15, -0.1) is 0 Å². The zero-order valence-corrected chi connectivity index (χ0v) is 42.8. The summed E-state index contributed by atoms with van der Waals surface area (Å²) in [6.45, 7) is 8.18. The molecule has 0 N–H and O–H groups in total. The van der Waals surface area contributed by atoms with Crippen LogP contribution in [0.5, 0.6) is 11.5 Å². The number of carbonyl (C=O) groups excluding carboxylic acids is 1. The fraction of sp³-hybridized carbons (Fsp3) is 0.754. The second kappa shape index (κ2) is 44.3. The van der Waals surface area contributed by atoms with Crippen LogP contribution in [-0.4, -0.2) is 19.0 Å². The van der Waals surface area contributed by atoms with E-state index in [2.05, 4.69) is 45.0 Å². The summed E-state index contributed by atoms with van der Waals surface area (Å²) in [6.07, 6.45) is 59.5. The van der Waals surface area contributed by atoms with E-state index in [-0.39, 0.29) is 5.78 Å². The number of aryl methyl sites for hydroxylation is 1. The fourth-order valence-electron chi connectivity index (χ4n) is 9.07. The molecule has 0 amide bonds. The number of ketones is 1. The standard InChI is InChI=1S/C61H104O3/c1-4-7-10-12-14-16-18-20-22-24-26-28-30-32-34-36-38-40-42-51-63-59-53-58(61(62)50-49-57-47-45-56(46-48-57)44-9-6-3)54-60(55-59)64-52-43-41-39-37-35-33-31-29-27-25-23-21-19-17-15-13-11-8-5-2/h45-50,53-55H,4-44,51-52H2,1-3H3. The van der Waals surface area contributed by atoms with Gasteiger partial charge in [-0.3, -0.25) is 4.79 Å². The normalized spacial score (nSPS) is 11.5.